The molecule has 0 bridgehead atoms. The lowest BCUT2D eigenvalue weighted by Crippen LogP contribution is -2.42. The van der Waals surface area contributed by atoms with Crippen LogP contribution in [0.15, 0.2) is 18.2 Å². The van der Waals surface area contributed by atoms with Gasteiger partial charge >= 0.3 is 6.09 Å². The number of hydrogen-bond donors (Lipinski definition) is 1. The Labute approximate surface area is 159 Å². The van der Waals surface area contributed by atoms with Gasteiger partial charge < -0.3 is 24.4 Å². The molecule has 0 aromatic heterocycles. The summed E-state index contributed by atoms with van der Waals surface area (Å²) in [4.78, 5) is 26.8. The first-order chi connectivity index (χ1) is 13.1. The van der Waals surface area contributed by atoms with Crippen LogP contribution in [-0.2, 0) is 27.3 Å². The second-order valence-corrected chi connectivity index (χ2v) is 7.16. The molecule has 0 radical (unpaired) electrons. The molecule has 148 valence electrons. The summed E-state index contributed by atoms with van der Waals surface area (Å²) in [5.41, 5.74) is 3.16. The van der Waals surface area contributed by atoms with Crippen molar-refractivity contribution in [3.8, 4) is 0 Å². The summed E-state index contributed by atoms with van der Waals surface area (Å²) in [5, 5.41) is 9.14. The van der Waals surface area contributed by atoms with Gasteiger partial charge in [0.25, 0.3) is 0 Å². The Hall–Kier alpha value is -2.12. The zero-order chi connectivity index (χ0) is 19.2. The third-order valence-corrected chi connectivity index (χ3v) is 5.21. The molecule has 2 aliphatic heterocycles. The summed E-state index contributed by atoms with van der Waals surface area (Å²) in [6.45, 7) is 2.70. The molecule has 1 saturated heterocycles. The molecule has 0 saturated carbocycles. The molecular formula is C20H28N2O5. The number of benzene rings is 1. The number of hydrogen-bond acceptors (Lipinski definition) is 4. The number of amides is 2. The first-order valence-corrected chi connectivity index (χ1v) is 9.59. The first kappa shape index (κ1) is 19.6. The average Bonchev–Trinajstić information content (AvgIpc) is 2.68. The Morgan fingerprint density at radius 1 is 1.33 bits per heavy atom. The fraction of sp³-hybridized carbons (Fsp3) is 0.600. The van der Waals surface area contributed by atoms with Crippen LogP contribution in [-0.4, -0.2) is 61.5 Å². The van der Waals surface area contributed by atoms with Gasteiger partial charge in [-0.3, -0.25) is 4.79 Å². The van der Waals surface area contributed by atoms with E-state index in [4.69, 9.17) is 14.6 Å². The van der Waals surface area contributed by atoms with Crippen molar-refractivity contribution < 1.29 is 24.2 Å². The van der Waals surface area contributed by atoms with Crippen molar-refractivity contribution in [2.75, 3.05) is 38.3 Å². The Bertz CT molecular complexity index is 678. The molecule has 1 aromatic carbocycles. The minimum absolute atomic E-state index is 0.0784. The van der Waals surface area contributed by atoms with Crippen molar-refractivity contribution in [2.45, 2.75) is 44.8 Å². The number of likely N-dealkylation sites (tertiary alicyclic amines) is 1. The fourth-order valence-electron chi connectivity index (χ4n) is 3.75. The van der Waals surface area contributed by atoms with Crippen molar-refractivity contribution in [1.82, 2.24) is 4.90 Å². The van der Waals surface area contributed by atoms with E-state index in [9.17, 15) is 9.59 Å². The number of anilines is 1. The largest absolute Gasteiger partial charge is 0.465 e. The lowest BCUT2D eigenvalue weighted by atomic mass is 9.99. The van der Waals surface area contributed by atoms with Crippen LogP contribution in [0.1, 0.15) is 36.8 Å². The highest BCUT2D eigenvalue weighted by Crippen LogP contribution is 2.29. The predicted octanol–water partition coefficient (Wildman–Crippen LogP) is 2.66. The summed E-state index contributed by atoms with van der Waals surface area (Å²) < 4.78 is 11.1. The van der Waals surface area contributed by atoms with Gasteiger partial charge in [0.15, 0.2) is 0 Å². The number of carbonyl (C=O) groups excluding carboxylic acids is 1. The second-order valence-electron chi connectivity index (χ2n) is 7.16. The molecule has 1 atom stereocenters. The van der Waals surface area contributed by atoms with Crippen molar-refractivity contribution in [2.24, 2.45) is 0 Å². The molecule has 1 aromatic rings. The molecule has 1 unspecified atom stereocenters. The van der Waals surface area contributed by atoms with Gasteiger partial charge in [-0.05, 0) is 42.9 Å². The highest BCUT2D eigenvalue weighted by Gasteiger charge is 2.25. The molecule has 1 N–H and O–H groups in total. The first-order valence-electron chi connectivity index (χ1n) is 9.59. The fourth-order valence-corrected chi connectivity index (χ4v) is 3.75. The van der Waals surface area contributed by atoms with E-state index < -0.39 is 6.09 Å². The smallest absolute Gasteiger partial charge is 0.407 e. The van der Waals surface area contributed by atoms with Gasteiger partial charge in [0.05, 0.1) is 19.3 Å². The number of carbonyl (C=O) groups is 2. The molecule has 2 heterocycles. The van der Waals surface area contributed by atoms with Crippen LogP contribution in [0.2, 0.25) is 0 Å². The van der Waals surface area contributed by atoms with E-state index in [1.54, 1.807) is 7.11 Å². The number of piperidine rings is 1. The topological polar surface area (TPSA) is 79.3 Å². The van der Waals surface area contributed by atoms with Crippen LogP contribution in [0.3, 0.4) is 0 Å². The van der Waals surface area contributed by atoms with Gasteiger partial charge in [0, 0.05) is 38.9 Å². The molecule has 27 heavy (non-hydrogen) atoms. The number of carboxylic acid groups (broad SMARTS) is 1. The number of methoxy groups -OCH3 is 1. The summed E-state index contributed by atoms with van der Waals surface area (Å²) >= 11 is 0. The zero-order valence-electron chi connectivity index (χ0n) is 15.9. The van der Waals surface area contributed by atoms with Gasteiger partial charge in [-0.15, -0.1) is 0 Å². The summed E-state index contributed by atoms with van der Waals surface area (Å²) in [5.74, 6) is 0.154. The van der Waals surface area contributed by atoms with Crippen molar-refractivity contribution in [1.29, 1.82) is 0 Å². The molecule has 0 spiro atoms. The average molecular weight is 376 g/mol. The molecule has 2 aliphatic rings. The standard InChI is InChI=1S/C20H28N2O5/c1-26-11-3-10-22-18-12-15(5-6-16(18)7-8-19(22)23)14-27-17-4-2-9-21(13-17)20(24)25/h5-6,12,17H,2-4,7-11,13-14H2,1H3,(H,24,25). The van der Waals surface area contributed by atoms with Crippen LogP contribution in [0.25, 0.3) is 0 Å². The van der Waals surface area contributed by atoms with E-state index in [-0.39, 0.29) is 12.0 Å². The highest BCUT2D eigenvalue weighted by molar-refractivity contribution is 5.96. The minimum Gasteiger partial charge on any atom is -0.465 e. The molecule has 1 fully saturated rings. The number of aryl methyl sites for hydroxylation is 1. The quantitative estimate of drug-likeness (QED) is 0.740. The van der Waals surface area contributed by atoms with Gasteiger partial charge in [0.2, 0.25) is 5.91 Å². The van der Waals surface area contributed by atoms with Gasteiger partial charge in [0.1, 0.15) is 0 Å². The van der Waals surface area contributed by atoms with Crippen LogP contribution >= 0.6 is 0 Å². The monoisotopic (exact) mass is 376 g/mol. The SMILES string of the molecule is COCCCN1C(=O)CCc2ccc(COC3CCCN(C(=O)O)C3)cc21. The zero-order valence-corrected chi connectivity index (χ0v) is 15.9. The molecule has 3 rings (SSSR count). The van der Waals surface area contributed by atoms with Gasteiger partial charge in [-0.25, -0.2) is 4.79 Å². The van der Waals surface area contributed by atoms with Gasteiger partial charge in [-0.1, -0.05) is 12.1 Å². The maximum Gasteiger partial charge on any atom is 0.407 e. The molecule has 0 aliphatic carbocycles. The van der Waals surface area contributed by atoms with E-state index in [2.05, 4.69) is 6.07 Å². The number of rotatable bonds is 7. The predicted molar refractivity (Wildman–Crippen MR) is 101 cm³/mol. The number of fused-ring (bicyclic) bond motifs is 1. The Balaban J connectivity index is 1.64. The summed E-state index contributed by atoms with van der Waals surface area (Å²) in [6, 6.07) is 6.16. The minimum atomic E-state index is -0.887. The van der Waals surface area contributed by atoms with E-state index in [1.165, 1.54) is 10.5 Å². The maximum absolute atomic E-state index is 12.4. The summed E-state index contributed by atoms with van der Waals surface area (Å²) in [6.07, 6.45) is 2.84. The Kier molecular flexibility index (Phi) is 6.68. The van der Waals surface area contributed by atoms with Crippen LogP contribution in [0.5, 0.6) is 0 Å². The normalized spacial score (nSPS) is 19.9. The van der Waals surface area contributed by atoms with Crippen molar-refractivity contribution in [3.05, 3.63) is 29.3 Å². The molecule has 2 amide bonds. The lowest BCUT2D eigenvalue weighted by Gasteiger charge is -2.31. The third kappa shape index (κ3) is 4.99. The Morgan fingerprint density at radius 2 is 2.19 bits per heavy atom. The van der Waals surface area contributed by atoms with E-state index in [1.807, 2.05) is 17.0 Å². The van der Waals surface area contributed by atoms with Gasteiger partial charge in [-0.2, -0.15) is 0 Å². The Morgan fingerprint density at radius 3 is 2.96 bits per heavy atom. The molecule has 7 nitrogen and oxygen atoms in total. The number of ether oxygens (including phenoxy) is 2. The summed E-state index contributed by atoms with van der Waals surface area (Å²) in [7, 11) is 1.66. The highest BCUT2D eigenvalue weighted by atomic mass is 16.5. The van der Waals surface area contributed by atoms with Crippen molar-refractivity contribution in [3.63, 3.8) is 0 Å². The third-order valence-electron chi connectivity index (χ3n) is 5.21. The van der Waals surface area contributed by atoms with Crippen LogP contribution in [0.4, 0.5) is 10.5 Å². The maximum atomic E-state index is 12.4. The van der Waals surface area contributed by atoms with E-state index >= 15 is 0 Å². The number of nitrogens with zero attached hydrogens (tertiary/aromatic N) is 2. The van der Waals surface area contributed by atoms with Crippen LogP contribution in [0, 0.1) is 0 Å². The molecular weight excluding hydrogens is 348 g/mol. The lowest BCUT2D eigenvalue weighted by molar-refractivity contribution is -0.118. The molecule has 7 heteroatoms. The van der Waals surface area contributed by atoms with E-state index in [0.29, 0.717) is 39.3 Å². The van der Waals surface area contributed by atoms with Crippen molar-refractivity contribution >= 4 is 17.7 Å². The van der Waals surface area contributed by atoms with E-state index in [0.717, 1.165) is 36.9 Å². The second kappa shape index (κ2) is 9.19. The van der Waals surface area contributed by atoms with Crippen LogP contribution < -0.4 is 4.90 Å².